The molecule has 2 aliphatic heterocycles. The van der Waals surface area contributed by atoms with Crippen LogP contribution in [0, 0.1) is 0 Å². The maximum absolute atomic E-state index is 4.74. The van der Waals surface area contributed by atoms with E-state index >= 15 is 0 Å². The first kappa shape index (κ1) is 10.3. The minimum absolute atomic E-state index is 0.541. The van der Waals surface area contributed by atoms with Crippen LogP contribution in [0.15, 0.2) is 0 Å². The van der Waals surface area contributed by atoms with E-state index in [-0.39, 0.29) is 0 Å². The predicted molar refractivity (Wildman–Crippen MR) is 62.5 cm³/mol. The van der Waals surface area contributed by atoms with Gasteiger partial charge in [0, 0.05) is 18.9 Å². The zero-order valence-electron chi connectivity index (χ0n) is 9.95. The summed E-state index contributed by atoms with van der Waals surface area (Å²) in [6.07, 6.45) is 6.12. The van der Waals surface area contributed by atoms with Crippen LogP contribution in [0.1, 0.15) is 56.2 Å². The summed E-state index contributed by atoms with van der Waals surface area (Å²) in [5.74, 6) is 2.83. The van der Waals surface area contributed by atoms with Crippen LogP contribution in [0.5, 0.6) is 0 Å². The number of hydrogen-bond donors (Lipinski definition) is 1. The normalized spacial score (nSPS) is 30.1. The van der Waals surface area contributed by atoms with Crippen molar-refractivity contribution in [2.45, 2.75) is 51.0 Å². The molecule has 0 saturated carbocycles. The molecule has 4 heteroatoms. The minimum atomic E-state index is 0.541. The van der Waals surface area contributed by atoms with Gasteiger partial charge in [-0.15, -0.1) is 0 Å². The first-order chi connectivity index (χ1) is 7.84. The maximum atomic E-state index is 4.74. The highest BCUT2D eigenvalue weighted by Crippen LogP contribution is 2.26. The van der Waals surface area contributed by atoms with E-state index in [4.69, 9.17) is 10.1 Å². The van der Waals surface area contributed by atoms with Crippen LogP contribution in [0.2, 0.25) is 0 Å². The number of aromatic nitrogens is 3. The van der Waals surface area contributed by atoms with Gasteiger partial charge in [-0.05, 0) is 39.2 Å². The standard InChI is InChI=1S/C12H20N4/c1-9-4-2-6-11-14-12(15-16(9)11)10-5-3-7-13-8-10/h9-10,13H,2-8H2,1H3. The molecular formula is C12H20N4. The molecule has 0 amide bonds. The summed E-state index contributed by atoms with van der Waals surface area (Å²) < 4.78 is 2.16. The van der Waals surface area contributed by atoms with Gasteiger partial charge in [0.25, 0.3) is 0 Å². The third kappa shape index (κ3) is 1.75. The summed E-state index contributed by atoms with van der Waals surface area (Å²) in [7, 11) is 0. The number of piperidine rings is 1. The highest BCUT2D eigenvalue weighted by atomic mass is 15.4. The molecule has 4 nitrogen and oxygen atoms in total. The molecule has 3 rings (SSSR count). The van der Waals surface area contributed by atoms with Crippen molar-refractivity contribution in [2.24, 2.45) is 0 Å². The lowest BCUT2D eigenvalue weighted by atomic mass is 9.99. The zero-order chi connectivity index (χ0) is 11.0. The Labute approximate surface area is 96.4 Å². The molecule has 2 aliphatic rings. The Bertz CT molecular complexity index is 365. The van der Waals surface area contributed by atoms with Crippen molar-refractivity contribution in [3.8, 4) is 0 Å². The molecule has 1 saturated heterocycles. The van der Waals surface area contributed by atoms with E-state index in [9.17, 15) is 0 Å². The second-order valence-corrected chi connectivity index (χ2v) is 5.12. The maximum Gasteiger partial charge on any atom is 0.155 e. The second-order valence-electron chi connectivity index (χ2n) is 5.12. The van der Waals surface area contributed by atoms with Gasteiger partial charge in [0.05, 0.1) is 6.04 Å². The topological polar surface area (TPSA) is 42.7 Å². The van der Waals surface area contributed by atoms with Crippen LogP contribution in [0.4, 0.5) is 0 Å². The smallest absolute Gasteiger partial charge is 0.155 e. The van der Waals surface area contributed by atoms with Crippen LogP contribution in [-0.2, 0) is 6.42 Å². The summed E-state index contributed by atoms with van der Waals surface area (Å²) >= 11 is 0. The number of rotatable bonds is 1. The van der Waals surface area contributed by atoms with Crippen molar-refractivity contribution in [1.29, 1.82) is 0 Å². The molecule has 0 aliphatic carbocycles. The Morgan fingerprint density at radius 1 is 1.31 bits per heavy atom. The number of nitrogens with one attached hydrogen (secondary N) is 1. The van der Waals surface area contributed by atoms with Gasteiger partial charge in [-0.25, -0.2) is 9.67 Å². The van der Waals surface area contributed by atoms with Crippen LogP contribution >= 0.6 is 0 Å². The molecular weight excluding hydrogens is 200 g/mol. The molecule has 1 aromatic rings. The van der Waals surface area contributed by atoms with Gasteiger partial charge < -0.3 is 5.32 Å². The third-order valence-electron chi connectivity index (χ3n) is 3.82. The average Bonchev–Trinajstić information content (AvgIpc) is 2.76. The molecule has 0 aromatic carbocycles. The molecule has 0 spiro atoms. The average molecular weight is 220 g/mol. The Hall–Kier alpha value is -0.900. The summed E-state index contributed by atoms with van der Waals surface area (Å²) in [5, 5.41) is 8.16. The van der Waals surface area contributed by atoms with Gasteiger partial charge in [-0.1, -0.05) is 0 Å². The highest BCUT2D eigenvalue weighted by Gasteiger charge is 2.24. The fourth-order valence-electron chi connectivity index (χ4n) is 2.82. The Kier molecular flexibility index (Phi) is 2.67. The highest BCUT2D eigenvalue weighted by molar-refractivity contribution is 5.04. The monoisotopic (exact) mass is 220 g/mol. The first-order valence-corrected chi connectivity index (χ1v) is 6.50. The fraction of sp³-hybridized carbons (Fsp3) is 0.833. The molecule has 88 valence electrons. The number of hydrogen-bond acceptors (Lipinski definition) is 3. The van der Waals surface area contributed by atoms with Gasteiger partial charge >= 0.3 is 0 Å². The molecule has 2 unspecified atom stereocenters. The number of fused-ring (bicyclic) bond motifs is 1. The SMILES string of the molecule is CC1CCCc2nc(C3CCCNC3)nn21. The number of aryl methyl sites for hydroxylation is 1. The first-order valence-electron chi connectivity index (χ1n) is 6.50. The van der Waals surface area contributed by atoms with Gasteiger partial charge in [-0.3, -0.25) is 0 Å². The lowest BCUT2D eigenvalue weighted by Crippen LogP contribution is -2.29. The van der Waals surface area contributed by atoms with E-state index in [0.29, 0.717) is 12.0 Å². The summed E-state index contributed by atoms with van der Waals surface area (Å²) in [5.41, 5.74) is 0. The van der Waals surface area contributed by atoms with Gasteiger partial charge in [0.1, 0.15) is 5.82 Å². The van der Waals surface area contributed by atoms with Crippen molar-refractivity contribution in [2.75, 3.05) is 13.1 Å². The molecule has 2 atom stereocenters. The summed E-state index contributed by atoms with van der Waals surface area (Å²) in [4.78, 5) is 4.74. The van der Waals surface area contributed by atoms with E-state index in [1.807, 2.05) is 0 Å². The zero-order valence-corrected chi connectivity index (χ0v) is 9.95. The van der Waals surface area contributed by atoms with E-state index in [2.05, 4.69) is 16.9 Å². The molecule has 0 radical (unpaired) electrons. The molecule has 16 heavy (non-hydrogen) atoms. The van der Waals surface area contributed by atoms with Crippen LogP contribution < -0.4 is 5.32 Å². The van der Waals surface area contributed by atoms with Gasteiger partial charge in [0.15, 0.2) is 5.82 Å². The lowest BCUT2D eigenvalue weighted by molar-refractivity contribution is 0.383. The molecule has 0 bridgehead atoms. The van der Waals surface area contributed by atoms with Crippen molar-refractivity contribution in [1.82, 2.24) is 20.1 Å². The molecule has 1 N–H and O–H groups in total. The Morgan fingerprint density at radius 2 is 2.25 bits per heavy atom. The van der Waals surface area contributed by atoms with E-state index < -0.39 is 0 Å². The molecule has 3 heterocycles. The van der Waals surface area contributed by atoms with Crippen molar-refractivity contribution in [3.63, 3.8) is 0 Å². The summed E-state index contributed by atoms with van der Waals surface area (Å²) in [6, 6.07) is 0.543. The van der Waals surface area contributed by atoms with Gasteiger partial charge in [-0.2, -0.15) is 5.10 Å². The number of nitrogens with zero attached hydrogens (tertiary/aromatic N) is 3. The van der Waals surface area contributed by atoms with Gasteiger partial charge in [0.2, 0.25) is 0 Å². The van der Waals surface area contributed by atoms with E-state index in [1.54, 1.807) is 0 Å². The second kappa shape index (κ2) is 4.17. The van der Waals surface area contributed by atoms with Crippen molar-refractivity contribution >= 4 is 0 Å². The van der Waals surface area contributed by atoms with Crippen LogP contribution in [-0.4, -0.2) is 27.9 Å². The largest absolute Gasteiger partial charge is 0.316 e. The van der Waals surface area contributed by atoms with E-state index in [0.717, 1.165) is 25.3 Å². The minimum Gasteiger partial charge on any atom is -0.316 e. The summed E-state index contributed by atoms with van der Waals surface area (Å²) in [6.45, 7) is 4.46. The Morgan fingerprint density at radius 3 is 3.00 bits per heavy atom. The quantitative estimate of drug-likeness (QED) is 0.782. The van der Waals surface area contributed by atoms with E-state index in [1.165, 1.54) is 31.5 Å². The molecule has 1 fully saturated rings. The van der Waals surface area contributed by atoms with Crippen LogP contribution in [0.3, 0.4) is 0 Å². The Balaban J connectivity index is 1.85. The lowest BCUT2D eigenvalue weighted by Gasteiger charge is -2.20. The predicted octanol–water partition coefficient (Wildman–Crippen LogP) is 1.64. The van der Waals surface area contributed by atoms with Crippen molar-refractivity contribution in [3.05, 3.63) is 11.6 Å². The fourth-order valence-corrected chi connectivity index (χ4v) is 2.82. The molecule has 1 aromatic heterocycles. The third-order valence-corrected chi connectivity index (χ3v) is 3.82. The van der Waals surface area contributed by atoms with Crippen molar-refractivity contribution < 1.29 is 0 Å². The van der Waals surface area contributed by atoms with Crippen LogP contribution in [0.25, 0.3) is 0 Å².